The Morgan fingerprint density at radius 3 is 2.93 bits per heavy atom. The predicted molar refractivity (Wildman–Crippen MR) is 101 cm³/mol. The lowest BCUT2D eigenvalue weighted by Crippen LogP contribution is -2.33. The number of fused-ring (bicyclic) bond motifs is 2. The monoisotopic (exact) mass is 363 g/mol. The van der Waals surface area contributed by atoms with Crippen LogP contribution in [0.3, 0.4) is 0 Å². The van der Waals surface area contributed by atoms with Crippen LogP contribution in [0.5, 0.6) is 5.75 Å². The Labute approximate surface area is 156 Å². The molecule has 6 heteroatoms. The number of pyridine rings is 1. The third-order valence-corrected chi connectivity index (χ3v) is 5.71. The van der Waals surface area contributed by atoms with Gasteiger partial charge in [-0.3, -0.25) is 4.79 Å². The molecule has 2 aromatic heterocycles. The van der Waals surface area contributed by atoms with E-state index in [9.17, 15) is 9.90 Å². The van der Waals surface area contributed by atoms with E-state index in [1.165, 1.54) is 5.56 Å². The second-order valence-corrected chi connectivity index (χ2v) is 7.52. The lowest BCUT2D eigenvalue weighted by molar-refractivity contribution is -0.122. The fraction of sp³-hybridized carbons (Fsp3) is 0.381. The SMILES string of the molecule is Cc1cc2c(c(O)c1-c1ccc3oc(C4CCC(=O)NC4)nc3n1)CCC2. The molecule has 3 aromatic rings. The van der Waals surface area contributed by atoms with Crippen molar-refractivity contribution >= 4 is 17.1 Å². The third-order valence-electron chi connectivity index (χ3n) is 5.71. The van der Waals surface area contributed by atoms with Crippen LogP contribution in [-0.4, -0.2) is 27.5 Å². The van der Waals surface area contributed by atoms with Crippen LogP contribution in [0.15, 0.2) is 22.6 Å². The number of rotatable bonds is 2. The molecule has 0 spiro atoms. The van der Waals surface area contributed by atoms with Crippen LogP contribution in [0, 0.1) is 6.92 Å². The predicted octanol–water partition coefficient (Wildman–Crippen LogP) is 3.39. The number of carbonyl (C=O) groups is 1. The molecule has 27 heavy (non-hydrogen) atoms. The Balaban J connectivity index is 1.55. The molecule has 1 aliphatic heterocycles. The quantitative estimate of drug-likeness (QED) is 0.729. The minimum atomic E-state index is 0.0744. The Morgan fingerprint density at radius 2 is 2.11 bits per heavy atom. The van der Waals surface area contributed by atoms with Gasteiger partial charge in [-0.2, -0.15) is 4.98 Å². The third kappa shape index (κ3) is 2.67. The summed E-state index contributed by atoms with van der Waals surface area (Å²) in [6.45, 7) is 2.56. The Kier molecular flexibility index (Phi) is 3.67. The number of carbonyl (C=O) groups excluding carboxylic acids is 1. The van der Waals surface area contributed by atoms with Gasteiger partial charge in [-0.25, -0.2) is 4.98 Å². The van der Waals surface area contributed by atoms with Crippen LogP contribution in [0.25, 0.3) is 22.5 Å². The maximum Gasteiger partial charge on any atom is 0.220 e. The number of nitrogens with one attached hydrogen (secondary N) is 1. The van der Waals surface area contributed by atoms with Crippen LogP contribution in [-0.2, 0) is 17.6 Å². The highest BCUT2D eigenvalue weighted by molar-refractivity contribution is 5.79. The van der Waals surface area contributed by atoms with Crippen molar-refractivity contribution in [3.8, 4) is 17.0 Å². The van der Waals surface area contributed by atoms with E-state index >= 15 is 0 Å². The molecule has 1 aromatic carbocycles. The molecule has 1 fully saturated rings. The highest BCUT2D eigenvalue weighted by Gasteiger charge is 2.25. The minimum absolute atomic E-state index is 0.0744. The van der Waals surface area contributed by atoms with Crippen LogP contribution in [0.2, 0.25) is 0 Å². The molecule has 0 radical (unpaired) electrons. The molecule has 5 rings (SSSR count). The largest absolute Gasteiger partial charge is 0.507 e. The molecule has 0 saturated carbocycles. The number of oxazole rings is 1. The number of hydrogen-bond acceptors (Lipinski definition) is 5. The smallest absolute Gasteiger partial charge is 0.220 e. The zero-order chi connectivity index (χ0) is 18.5. The maximum atomic E-state index is 11.4. The number of aryl methyl sites for hydroxylation is 2. The van der Waals surface area contributed by atoms with Gasteiger partial charge in [0.25, 0.3) is 0 Å². The lowest BCUT2D eigenvalue weighted by atomic mass is 9.97. The second-order valence-electron chi connectivity index (χ2n) is 7.52. The number of nitrogens with zero attached hydrogens (tertiary/aromatic N) is 2. The first-order valence-corrected chi connectivity index (χ1v) is 9.49. The lowest BCUT2D eigenvalue weighted by Gasteiger charge is -2.18. The van der Waals surface area contributed by atoms with E-state index in [0.717, 1.165) is 42.4 Å². The zero-order valence-electron chi connectivity index (χ0n) is 15.2. The normalized spacial score (nSPS) is 19.3. The molecule has 1 saturated heterocycles. The van der Waals surface area contributed by atoms with E-state index in [1.807, 2.05) is 19.1 Å². The highest BCUT2D eigenvalue weighted by atomic mass is 16.3. The fourth-order valence-corrected chi connectivity index (χ4v) is 4.28. The molecule has 6 nitrogen and oxygen atoms in total. The molecule has 138 valence electrons. The van der Waals surface area contributed by atoms with E-state index in [1.54, 1.807) is 0 Å². The topological polar surface area (TPSA) is 88.3 Å². The van der Waals surface area contributed by atoms with Gasteiger partial charge in [0.15, 0.2) is 11.2 Å². The standard InChI is InChI=1S/C21H21N3O3/c1-11-9-12-3-2-4-14(12)19(26)18(11)15-6-7-16-20(23-15)24-21(27-16)13-5-8-17(25)22-10-13/h6-7,9,13,26H,2-5,8,10H2,1H3,(H,22,25). The molecule has 1 amide bonds. The van der Waals surface area contributed by atoms with E-state index in [0.29, 0.717) is 41.5 Å². The molecule has 0 bridgehead atoms. The summed E-state index contributed by atoms with van der Waals surface area (Å²) in [6, 6.07) is 5.91. The first kappa shape index (κ1) is 16.3. The number of benzene rings is 1. The van der Waals surface area contributed by atoms with Gasteiger partial charge >= 0.3 is 0 Å². The number of piperidine rings is 1. The summed E-state index contributed by atoms with van der Waals surface area (Å²) in [7, 11) is 0. The first-order chi connectivity index (χ1) is 13.1. The average Bonchev–Trinajstić information content (AvgIpc) is 3.28. The molecule has 2 aliphatic rings. The molecular weight excluding hydrogens is 342 g/mol. The average molecular weight is 363 g/mol. The Morgan fingerprint density at radius 1 is 1.22 bits per heavy atom. The molecule has 2 N–H and O–H groups in total. The van der Waals surface area contributed by atoms with Crippen molar-refractivity contribution in [1.29, 1.82) is 0 Å². The minimum Gasteiger partial charge on any atom is -0.507 e. The summed E-state index contributed by atoms with van der Waals surface area (Å²) in [6.07, 6.45) is 4.25. The number of aromatic hydroxyl groups is 1. The highest BCUT2D eigenvalue weighted by Crippen LogP contribution is 2.40. The molecule has 1 atom stereocenters. The molecular formula is C21H21N3O3. The van der Waals surface area contributed by atoms with Crippen LogP contribution in [0.1, 0.15) is 47.8 Å². The van der Waals surface area contributed by atoms with Gasteiger partial charge in [-0.15, -0.1) is 0 Å². The summed E-state index contributed by atoms with van der Waals surface area (Å²) >= 11 is 0. The van der Waals surface area contributed by atoms with E-state index in [4.69, 9.17) is 4.42 Å². The summed E-state index contributed by atoms with van der Waals surface area (Å²) < 4.78 is 5.88. The van der Waals surface area contributed by atoms with E-state index in [2.05, 4.69) is 21.4 Å². The van der Waals surface area contributed by atoms with Crippen LogP contribution in [0.4, 0.5) is 0 Å². The summed E-state index contributed by atoms with van der Waals surface area (Å²) in [4.78, 5) is 20.6. The van der Waals surface area contributed by atoms with Crippen molar-refractivity contribution in [2.24, 2.45) is 0 Å². The number of aromatic nitrogens is 2. The zero-order valence-corrected chi connectivity index (χ0v) is 15.2. The van der Waals surface area contributed by atoms with Crippen molar-refractivity contribution in [3.63, 3.8) is 0 Å². The van der Waals surface area contributed by atoms with Gasteiger partial charge in [-0.1, -0.05) is 6.07 Å². The number of hydrogen-bond donors (Lipinski definition) is 2. The van der Waals surface area contributed by atoms with Gasteiger partial charge in [0.2, 0.25) is 11.8 Å². The molecule has 1 unspecified atom stereocenters. The van der Waals surface area contributed by atoms with Gasteiger partial charge in [0.1, 0.15) is 5.75 Å². The van der Waals surface area contributed by atoms with Crippen molar-refractivity contribution in [3.05, 3.63) is 40.8 Å². The molecule has 3 heterocycles. The van der Waals surface area contributed by atoms with E-state index < -0.39 is 0 Å². The summed E-state index contributed by atoms with van der Waals surface area (Å²) in [5.41, 5.74) is 5.99. The van der Waals surface area contributed by atoms with Gasteiger partial charge in [-0.05, 0) is 61.4 Å². The maximum absolute atomic E-state index is 11.4. The van der Waals surface area contributed by atoms with Crippen molar-refractivity contribution in [2.45, 2.75) is 44.9 Å². The Hall–Kier alpha value is -2.89. The van der Waals surface area contributed by atoms with Crippen molar-refractivity contribution in [1.82, 2.24) is 15.3 Å². The van der Waals surface area contributed by atoms with Crippen molar-refractivity contribution < 1.29 is 14.3 Å². The number of phenolic OH excluding ortho intramolecular Hbond substituents is 1. The van der Waals surface area contributed by atoms with Crippen molar-refractivity contribution in [2.75, 3.05) is 6.54 Å². The number of phenols is 1. The summed E-state index contributed by atoms with van der Waals surface area (Å²) in [5, 5.41) is 13.7. The van der Waals surface area contributed by atoms with Gasteiger partial charge in [0, 0.05) is 18.5 Å². The number of amides is 1. The fourth-order valence-electron chi connectivity index (χ4n) is 4.28. The van der Waals surface area contributed by atoms with Crippen LogP contribution >= 0.6 is 0 Å². The second kappa shape index (κ2) is 6.08. The summed E-state index contributed by atoms with van der Waals surface area (Å²) in [5.74, 6) is 1.12. The molecule has 1 aliphatic carbocycles. The van der Waals surface area contributed by atoms with Gasteiger partial charge in [0.05, 0.1) is 11.6 Å². The van der Waals surface area contributed by atoms with Gasteiger partial charge < -0.3 is 14.8 Å². The Bertz CT molecular complexity index is 1060. The van der Waals surface area contributed by atoms with Crippen LogP contribution < -0.4 is 5.32 Å². The first-order valence-electron chi connectivity index (χ1n) is 9.49. The van der Waals surface area contributed by atoms with E-state index in [-0.39, 0.29) is 11.8 Å².